The smallest absolute Gasteiger partial charge is 0.261 e. The molecule has 174 valence electrons. The fourth-order valence-corrected chi connectivity index (χ4v) is 4.53. The van der Waals surface area contributed by atoms with Gasteiger partial charge in [-0.3, -0.25) is 9.52 Å². The molecule has 0 fully saturated rings. The number of carbonyl (C=O) groups is 1. The zero-order chi connectivity index (χ0) is 24.0. The van der Waals surface area contributed by atoms with Crippen molar-refractivity contribution in [3.63, 3.8) is 0 Å². The Labute approximate surface area is 196 Å². The summed E-state index contributed by atoms with van der Waals surface area (Å²) in [7, 11) is -2.12. The molecule has 2 N–H and O–H groups in total. The van der Waals surface area contributed by atoms with E-state index in [4.69, 9.17) is 4.74 Å². The highest BCUT2D eigenvalue weighted by atomic mass is 32.2. The molecule has 0 spiro atoms. The summed E-state index contributed by atoms with van der Waals surface area (Å²) in [5.41, 5.74) is 4.01. The summed E-state index contributed by atoms with van der Waals surface area (Å²) in [5.74, 6) is 0.582. The molecule has 0 aliphatic heterocycles. The van der Waals surface area contributed by atoms with E-state index in [1.807, 2.05) is 57.2 Å². The van der Waals surface area contributed by atoms with Crippen LogP contribution in [0, 0.1) is 13.8 Å². The van der Waals surface area contributed by atoms with Crippen LogP contribution in [0.1, 0.15) is 40.4 Å². The van der Waals surface area contributed by atoms with Gasteiger partial charge in [-0.2, -0.15) is 0 Å². The molecule has 0 aliphatic rings. The lowest BCUT2D eigenvalue weighted by molar-refractivity contribution is 0.0938. The molecule has 1 atom stereocenters. The normalized spacial score (nSPS) is 12.1. The number of methoxy groups -OCH3 is 1. The number of ether oxygens (including phenoxy) is 1. The van der Waals surface area contributed by atoms with Gasteiger partial charge in [-0.1, -0.05) is 24.3 Å². The lowest BCUT2D eigenvalue weighted by Gasteiger charge is -2.15. The summed E-state index contributed by atoms with van der Waals surface area (Å²) in [5, 5.41) is 2.97. The molecule has 7 heteroatoms. The second-order valence-electron chi connectivity index (χ2n) is 8.14. The number of rotatable bonds is 9. The molecule has 1 amide bonds. The van der Waals surface area contributed by atoms with E-state index in [0.29, 0.717) is 11.3 Å². The van der Waals surface area contributed by atoms with Crippen LogP contribution < -0.4 is 14.8 Å². The first-order valence-electron chi connectivity index (χ1n) is 10.8. The number of nitrogens with one attached hydrogen (secondary N) is 2. The molecule has 0 heterocycles. The summed E-state index contributed by atoms with van der Waals surface area (Å²) in [6, 6.07) is 19.3. The maximum absolute atomic E-state index is 12.8. The van der Waals surface area contributed by atoms with Crippen LogP contribution in [0.2, 0.25) is 0 Å². The third-order valence-corrected chi connectivity index (χ3v) is 7.06. The molecule has 3 aromatic carbocycles. The monoisotopic (exact) mass is 466 g/mol. The maximum atomic E-state index is 12.8. The Morgan fingerprint density at radius 3 is 2.27 bits per heavy atom. The number of hydrogen-bond acceptors (Lipinski definition) is 4. The van der Waals surface area contributed by atoms with Gasteiger partial charge >= 0.3 is 0 Å². The van der Waals surface area contributed by atoms with Crippen molar-refractivity contribution in [3.05, 3.63) is 89.0 Å². The Morgan fingerprint density at radius 1 is 0.970 bits per heavy atom. The van der Waals surface area contributed by atoms with E-state index in [9.17, 15) is 13.2 Å². The number of benzene rings is 3. The van der Waals surface area contributed by atoms with E-state index < -0.39 is 10.0 Å². The number of sulfonamides is 1. The van der Waals surface area contributed by atoms with Crippen LogP contribution in [0.3, 0.4) is 0 Å². The maximum Gasteiger partial charge on any atom is 0.261 e. The molecule has 3 rings (SSSR count). The average Bonchev–Trinajstić information content (AvgIpc) is 2.81. The van der Waals surface area contributed by atoms with Crippen LogP contribution in [-0.4, -0.2) is 27.5 Å². The summed E-state index contributed by atoms with van der Waals surface area (Å²) in [6.45, 7) is 5.75. The van der Waals surface area contributed by atoms with Crippen LogP contribution in [0.15, 0.2) is 71.6 Å². The second-order valence-corrected chi connectivity index (χ2v) is 9.82. The predicted octanol–water partition coefficient (Wildman–Crippen LogP) is 4.86. The highest BCUT2D eigenvalue weighted by Crippen LogP contribution is 2.22. The number of anilines is 1. The minimum Gasteiger partial charge on any atom is -0.497 e. The van der Waals surface area contributed by atoms with E-state index in [2.05, 4.69) is 10.0 Å². The molecule has 0 aliphatic carbocycles. The average molecular weight is 467 g/mol. The van der Waals surface area contributed by atoms with Gasteiger partial charge in [0.1, 0.15) is 5.75 Å². The SMILES string of the molecule is COc1ccc(CCC(C)NC(=O)c2ccc(S(=O)(=O)Nc3cccc(C)c3C)cc2)cc1. The van der Waals surface area contributed by atoms with Crippen LogP contribution in [0.25, 0.3) is 0 Å². The van der Waals surface area contributed by atoms with Gasteiger partial charge in [0.2, 0.25) is 0 Å². The van der Waals surface area contributed by atoms with Gasteiger partial charge in [0.25, 0.3) is 15.9 Å². The van der Waals surface area contributed by atoms with Crippen molar-refractivity contribution in [1.82, 2.24) is 5.32 Å². The van der Waals surface area contributed by atoms with Crippen molar-refractivity contribution in [2.45, 2.75) is 44.6 Å². The van der Waals surface area contributed by atoms with Crippen molar-refractivity contribution in [2.75, 3.05) is 11.8 Å². The van der Waals surface area contributed by atoms with E-state index in [-0.39, 0.29) is 16.8 Å². The molecular weight excluding hydrogens is 436 g/mol. The Morgan fingerprint density at radius 2 is 1.64 bits per heavy atom. The Kier molecular flexibility index (Phi) is 7.76. The molecule has 33 heavy (non-hydrogen) atoms. The molecule has 0 radical (unpaired) electrons. The van der Waals surface area contributed by atoms with Crippen LogP contribution >= 0.6 is 0 Å². The van der Waals surface area contributed by atoms with Crippen molar-refractivity contribution in [3.8, 4) is 5.75 Å². The first kappa shape index (κ1) is 24.3. The highest BCUT2D eigenvalue weighted by molar-refractivity contribution is 7.92. The first-order chi connectivity index (χ1) is 15.7. The molecule has 0 bridgehead atoms. The Hall–Kier alpha value is -3.32. The van der Waals surface area contributed by atoms with E-state index >= 15 is 0 Å². The van der Waals surface area contributed by atoms with Gasteiger partial charge in [-0.25, -0.2) is 8.42 Å². The highest BCUT2D eigenvalue weighted by Gasteiger charge is 2.17. The molecule has 1 unspecified atom stereocenters. The number of amides is 1. The minimum absolute atomic E-state index is 0.0334. The fourth-order valence-electron chi connectivity index (χ4n) is 3.41. The van der Waals surface area contributed by atoms with Crippen molar-refractivity contribution in [2.24, 2.45) is 0 Å². The van der Waals surface area contributed by atoms with Gasteiger partial charge in [-0.05, 0) is 92.8 Å². The molecule has 0 saturated heterocycles. The van der Waals surface area contributed by atoms with E-state index in [1.54, 1.807) is 13.2 Å². The summed E-state index contributed by atoms with van der Waals surface area (Å²) in [6.07, 6.45) is 1.61. The third kappa shape index (κ3) is 6.35. The first-order valence-corrected chi connectivity index (χ1v) is 12.3. The fraction of sp³-hybridized carbons (Fsp3) is 0.269. The van der Waals surface area contributed by atoms with E-state index in [1.165, 1.54) is 29.8 Å². The van der Waals surface area contributed by atoms with Crippen molar-refractivity contribution >= 4 is 21.6 Å². The third-order valence-electron chi connectivity index (χ3n) is 5.68. The quantitative estimate of drug-likeness (QED) is 0.471. The Balaban J connectivity index is 1.59. The van der Waals surface area contributed by atoms with E-state index in [0.717, 1.165) is 29.7 Å². The predicted molar refractivity (Wildman–Crippen MR) is 131 cm³/mol. The lowest BCUT2D eigenvalue weighted by atomic mass is 10.1. The summed E-state index contributed by atoms with van der Waals surface area (Å²) in [4.78, 5) is 12.7. The van der Waals surface area contributed by atoms with Gasteiger partial charge in [-0.15, -0.1) is 0 Å². The number of aryl methyl sites for hydroxylation is 2. The minimum atomic E-state index is -3.75. The van der Waals surface area contributed by atoms with Gasteiger partial charge in [0.05, 0.1) is 17.7 Å². The van der Waals surface area contributed by atoms with Crippen molar-refractivity contribution in [1.29, 1.82) is 0 Å². The molecule has 0 saturated carbocycles. The standard InChI is InChI=1S/C26H30N2O4S/c1-18-6-5-7-25(20(18)3)28-33(30,31)24-16-12-22(13-17-24)26(29)27-19(2)8-9-21-10-14-23(32-4)15-11-21/h5-7,10-17,19,28H,8-9H2,1-4H3,(H,27,29). The van der Waals surface area contributed by atoms with Crippen LogP contribution in [0.5, 0.6) is 5.75 Å². The molecular formula is C26H30N2O4S. The topological polar surface area (TPSA) is 84.5 Å². The molecule has 3 aromatic rings. The Bertz CT molecular complexity index is 1200. The van der Waals surface area contributed by atoms with Gasteiger partial charge in [0, 0.05) is 11.6 Å². The zero-order valence-electron chi connectivity index (χ0n) is 19.4. The van der Waals surface area contributed by atoms with Gasteiger partial charge < -0.3 is 10.1 Å². The second kappa shape index (κ2) is 10.5. The molecule has 6 nitrogen and oxygen atoms in total. The summed E-state index contributed by atoms with van der Waals surface area (Å²) < 4.78 is 33.3. The zero-order valence-corrected chi connectivity index (χ0v) is 20.2. The summed E-state index contributed by atoms with van der Waals surface area (Å²) >= 11 is 0. The van der Waals surface area contributed by atoms with Crippen LogP contribution in [-0.2, 0) is 16.4 Å². The van der Waals surface area contributed by atoms with Crippen molar-refractivity contribution < 1.29 is 17.9 Å². The van der Waals surface area contributed by atoms with Gasteiger partial charge in [0.15, 0.2) is 0 Å². The number of carbonyl (C=O) groups excluding carboxylic acids is 1. The lowest BCUT2D eigenvalue weighted by Crippen LogP contribution is -2.32. The molecule has 0 aromatic heterocycles. The van der Waals surface area contributed by atoms with Crippen LogP contribution in [0.4, 0.5) is 5.69 Å². The largest absolute Gasteiger partial charge is 0.497 e. The number of hydrogen-bond donors (Lipinski definition) is 2.